The molecular formula is C15H10F2N2O. The molecule has 0 unspecified atom stereocenters. The van der Waals surface area contributed by atoms with Crippen LogP contribution in [0.4, 0.5) is 8.78 Å². The van der Waals surface area contributed by atoms with Gasteiger partial charge in [0, 0.05) is 6.07 Å². The summed E-state index contributed by atoms with van der Waals surface area (Å²) in [6, 6.07) is 12.0. The second kappa shape index (κ2) is 5.13. The molecule has 5 heteroatoms. The van der Waals surface area contributed by atoms with Crippen LogP contribution < -0.4 is 4.74 Å². The Morgan fingerprint density at radius 1 is 0.950 bits per heavy atom. The number of hydrogen-bond donors (Lipinski definition) is 0. The predicted molar refractivity (Wildman–Crippen MR) is 70.0 cm³/mol. The third-order valence-electron chi connectivity index (χ3n) is 2.69. The highest BCUT2D eigenvalue weighted by atomic mass is 19.1. The number of aromatic nitrogens is 2. The van der Waals surface area contributed by atoms with E-state index < -0.39 is 0 Å². The minimum Gasteiger partial charge on any atom is -0.454 e. The lowest BCUT2D eigenvalue weighted by Gasteiger charge is -2.03. The molecule has 1 aromatic heterocycles. The zero-order valence-corrected chi connectivity index (χ0v) is 10.3. The SMILES string of the molecule is Fc1cccc(Oc2cnn(-c3ccccc3F)c2)c1. The third-order valence-corrected chi connectivity index (χ3v) is 2.69. The van der Waals surface area contributed by atoms with Gasteiger partial charge in [0.1, 0.15) is 23.1 Å². The fourth-order valence-corrected chi connectivity index (χ4v) is 1.79. The van der Waals surface area contributed by atoms with Crippen LogP contribution in [0, 0.1) is 11.6 Å². The molecule has 0 atom stereocenters. The summed E-state index contributed by atoms with van der Waals surface area (Å²) in [5.41, 5.74) is 0.321. The molecule has 3 aromatic rings. The van der Waals surface area contributed by atoms with Gasteiger partial charge in [-0.2, -0.15) is 5.10 Å². The minimum atomic E-state index is -0.385. The number of nitrogens with zero attached hydrogens (tertiary/aromatic N) is 2. The fourth-order valence-electron chi connectivity index (χ4n) is 1.79. The lowest BCUT2D eigenvalue weighted by Crippen LogP contribution is -1.96. The van der Waals surface area contributed by atoms with Gasteiger partial charge in [-0.1, -0.05) is 18.2 Å². The first-order valence-corrected chi connectivity index (χ1v) is 5.95. The van der Waals surface area contributed by atoms with Crippen LogP contribution in [0.5, 0.6) is 11.5 Å². The highest BCUT2D eigenvalue weighted by Gasteiger charge is 2.07. The smallest absolute Gasteiger partial charge is 0.165 e. The number of benzene rings is 2. The summed E-state index contributed by atoms with van der Waals surface area (Å²) in [5.74, 6) is -0.00571. The standard InChI is InChI=1S/C15H10F2N2O/c16-11-4-3-5-12(8-11)20-13-9-18-19(10-13)15-7-2-1-6-14(15)17/h1-10H. The molecule has 0 fully saturated rings. The lowest BCUT2D eigenvalue weighted by molar-refractivity contribution is 0.476. The maximum atomic E-state index is 13.6. The Labute approximate surface area is 114 Å². The topological polar surface area (TPSA) is 27.1 Å². The Morgan fingerprint density at radius 2 is 1.80 bits per heavy atom. The van der Waals surface area contributed by atoms with E-state index in [0.29, 0.717) is 17.2 Å². The van der Waals surface area contributed by atoms with Crippen molar-refractivity contribution in [3.8, 4) is 17.2 Å². The van der Waals surface area contributed by atoms with E-state index in [0.717, 1.165) is 0 Å². The third kappa shape index (κ3) is 2.51. The van der Waals surface area contributed by atoms with Gasteiger partial charge < -0.3 is 4.74 Å². The Kier molecular flexibility index (Phi) is 3.16. The fraction of sp³-hybridized carbons (Fsp3) is 0. The molecule has 0 aliphatic rings. The first-order chi connectivity index (χ1) is 9.72. The van der Waals surface area contributed by atoms with E-state index in [4.69, 9.17) is 4.74 Å². The summed E-state index contributed by atoms with van der Waals surface area (Å²) >= 11 is 0. The normalized spacial score (nSPS) is 10.5. The maximum Gasteiger partial charge on any atom is 0.165 e. The van der Waals surface area contributed by atoms with Crippen LogP contribution in [0.3, 0.4) is 0 Å². The van der Waals surface area contributed by atoms with E-state index >= 15 is 0 Å². The van der Waals surface area contributed by atoms with Crippen LogP contribution in [-0.4, -0.2) is 9.78 Å². The summed E-state index contributed by atoms with van der Waals surface area (Å²) in [7, 11) is 0. The van der Waals surface area contributed by atoms with E-state index in [-0.39, 0.29) is 11.6 Å². The molecule has 0 spiro atoms. The molecule has 0 aliphatic heterocycles. The summed E-state index contributed by atoms with van der Waals surface area (Å²) in [5, 5.41) is 4.02. The highest BCUT2D eigenvalue weighted by molar-refractivity contribution is 5.35. The van der Waals surface area contributed by atoms with Crippen LogP contribution in [-0.2, 0) is 0 Å². The molecular weight excluding hydrogens is 262 g/mol. The van der Waals surface area contributed by atoms with Crippen molar-refractivity contribution in [3.63, 3.8) is 0 Å². The van der Waals surface area contributed by atoms with Gasteiger partial charge in [0.05, 0.1) is 12.4 Å². The molecule has 0 aliphatic carbocycles. The second-order valence-electron chi connectivity index (χ2n) is 4.13. The van der Waals surface area contributed by atoms with E-state index in [2.05, 4.69) is 5.10 Å². The van der Waals surface area contributed by atoms with Crippen LogP contribution in [0.2, 0.25) is 0 Å². The van der Waals surface area contributed by atoms with Gasteiger partial charge in [0.25, 0.3) is 0 Å². The minimum absolute atomic E-state index is 0.321. The van der Waals surface area contributed by atoms with Gasteiger partial charge in [-0.15, -0.1) is 0 Å². The molecule has 0 amide bonds. The molecule has 100 valence electrons. The number of para-hydroxylation sites is 1. The average molecular weight is 272 g/mol. The van der Waals surface area contributed by atoms with Crippen molar-refractivity contribution in [3.05, 3.63) is 72.6 Å². The van der Waals surface area contributed by atoms with E-state index in [1.54, 1.807) is 30.3 Å². The molecule has 0 saturated carbocycles. The first kappa shape index (κ1) is 12.3. The van der Waals surface area contributed by atoms with Crippen LogP contribution in [0.15, 0.2) is 60.9 Å². The summed E-state index contributed by atoms with van der Waals surface area (Å²) in [4.78, 5) is 0. The molecule has 0 N–H and O–H groups in total. The number of rotatable bonds is 3. The monoisotopic (exact) mass is 272 g/mol. The molecule has 3 rings (SSSR count). The van der Waals surface area contributed by atoms with Crippen molar-refractivity contribution < 1.29 is 13.5 Å². The van der Waals surface area contributed by atoms with Crippen molar-refractivity contribution in [1.82, 2.24) is 9.78 Å². The van der Waals surface area contributed by atoms with Crippen molar-refractivity contribution >= 4 is 0 Å². The molecule has 0 radical (unpaired) electrons. The first-order valence-electron chi connectivity index (χ1n) is 5.95. The quantitative estimate of drug-likeness (QED) is 0.722. The zero-order valence-electron chi connectivity index (χ0n) is 10.3. The maximum absolute atomic E-state index is 13.6. The van der Waals surface area contributed by atoms with Gasteiger partial charge in [-0.25, -0.2) is 13.5 Å². The number of ether oxygens (including phenoxy) is 1. The van der Waals surface area contributed by atoms with Crippen molar-refractivity contribution in [1.29, 1.82) is 0 Å². The molecule has 2 aromatic carbocycles. The number of hydrogen-bond acceptors (Lipinski definition) is 2. The van der Waals surface area contributed by atoms with Crippen molar-refractivity contribution in [2.75, 3.05) is 0 Å². The zero-order chi connectivity index (χ0) is 13.9. The van der Waals surface area contributed by atoms with Crippen LogP contribution in [0.1, 0.15) is 0 Å². The van der Waals surface area contributed by atoms with Gasteiger partial charge in [-0.3, -0.25) is 0 Å². The van der Waals surface area contributed by atoms with Gasteiger partial charge >= 0.3 is 0 Å². The van der Waals surface area contributed by atoms with E-state index in [1.165, 1.54) is 35.3 Å². The molecule has 3 nitrogen and oxygen atoms in total. The Morgan fingerprint density at radius 3 is 2.60 bits per heavy atom. The summed E-state index contributed by atoms with van der Waals surface area (Å²) < 4.78 is 33.5. The summed E-state index contributed by atoms with van der Waals surface area (Å²) in [6.45, 7) is 0. The molecule has 1 heterocycles. The molecule has 20 heavy (non-hydrogen) atoms. The predicted octanol–water partition coefficient (Wildman–Crippen LogP) is 3.94. The Bertz CT molecular complexity index is 740. The van der Waals surface area contributed by atoms with Crippen LogP contribution >= 0.6 is 0 Å². The van der Waals surface area contributed by atoms with Crippen molar-refractivity contribution in [2.45, 2.75) is 0 Å². The Balaban J connectivity index is 1.86. The lowest BCUT2D eigenvalue weighted by atomic mass is 10.3. The molecule has 0 bridgehead atoms. The van der Waals surface area contributed by atoms with Crippen molar-refractivity contribution in [2.24, 2.45) is 0 Å². The Hall–Kier alpha value is -2.69. The van der Waals surface area contributed by atoms with E-state index in [1.807, 2.05) is 0 Å². The van der Waals surface area contributed by atoms with Gasteiger partial charge in [0.15, 0.2) is 5.75 Å². The largest absolute Gasteiger partial charge is 0.454 e. The highest BCUT2D eigenvalue weighted by Crippen LogP contribution is 2.23. The number of halogens is 2. The summed E-state index contributed by atoms with van der Waals surface area (Å²) in [6.07, 6.45) is 2.97. The van der Waals surface area contributed by atoms with E-state index in [9.17, 15) is 8.78 Å². The van der Waals surface area contributed by atoms with Gasteiger partial charge in [0.2, 0.25) is 0 Å². The second-order valence-corrected chi connectivity index (χ2v) is 4.13. The average Bonchev–Trinajstić information content (AvgIpc) is 2.87. The molecule has 0 saturated heterocycles. The van der Waals surface area contributed by atoms with Crippen LogP contribution in [0.25, 0.3) is 5.69 Å². The van der Waals surface area contributed by atoms with Gasteiger partial charge in [-0.05, 0) is 24.3 Å².